The number of carbonyl (C=O) groups is 2. The van der Waals surface area contributed by atoms with Crippen LogP contribution in [-0.4, -0.2) is 41.0 Å². The van der Waals surface area contributed by atoms with Gasteiger partial charge in [-0.2, -0.15) is 0 Å². The molecule has 2 N–H and O–H groups in total. The maximum atomic E-state index is 12.4. The lowest BCUT2D eigenvalue weighted by atomic mass is 9.93. The highest BCUT2D eigenvalue weighted by Crippen LogP contribution is 2.21. The number of rotatable bonds is 2. The van der Waals surface area contributed by atoms with Crippen molar-refractivity contribution in [1.29, 1.82) is 0 Å². The van der Waals surface area contributed by atoms with E-state index in [0.717, 1.165) is 23.6 Å². The van der Waals surface area contributed by atoms with Crippen LogP contribution in [0.3, 0.4) is 0 Å². The Labute approximate surface area is 141 Å². The number of piperidine rings is 1. The zero-order valence-electron chi connectivity index (χ0n) is 13.7. The second-order valence-corrected chi connectivity index (χ2v) is 6.41. The van der Waals surface area contributed by atoms with Gasteiger partial charge in [-0.1, -0.05) is 30.3 Å². The second-order valence-electron chi connectivity index (χ2n) is 6.41. The molecule has 1 heterocycles. The number of nitrogens with one attached hydrogen (secondary N) is 1. The second kappa shape index (κ2) is 7.01. The van der Waals surface area contributed by atoms with Gasteiger partial charge in [-0.15, -0.1) is 0 Å². The standard InChI is InChI=1S/C19H22N2O3/c1-13(22)16-7-4-10-21(12-16)19(24)18(23)20-17-9-8-14-5-2-3-6-15(14)11-17/h2-3,5-6,8-9,11,13,16,22H,4,7,10,12H2,1H3,(H,20,23). The molecule has 2 aromatic rings. The maximum Gasteiger partial charge on any atom is 0.313 e. The minimum Gasteiger partial charge on any atom is -0.393 e. The monoisotopic (exact) mass is 326 g/mol. The van der Waals surface area contributed by atoms with Crippen molar-refractivity contribution < 1.29 is 14.7 Å². The van der Waals surface area contributed by atoms with Crippen molar-refractivity contribution in [1.82, 2.24) is 4.90 Å². The van der Waals surface area contributed by atoms with Gasteiger partial charge in [-0.05, 0) is 42.7 Å². The summed E-state index contributed by atoms with van der Waals surface area (Å²) in [5, 5.41) is 14.5. The van der Waals surface area contributed by atoms with E-state index in [1.165, 1.54) is 4.90 Å². The van der Waals surface area contributed by atoms with Gasteiger partial charge in [-0.3, -0.25) is 9.59 Å². The van der Waals surface area contributed by atoms with Crippen LogP contribution in [0.1, 0.15) is 19.8 Å². The van der Waals surface area contributed by atoms with Gasteiger partial charge in [0.05, 0.1) is 6.10 Å². The maximum absolute atomic E-state index is 12.4. The SMILES string of the molecule is CC(O)C1CCCN(C(=O)C(=O)Nc2ccc3ccccc3c2)C1. The zero-order valence-corrected chi connectivity index (χ0v) is 13.7. The van der Waals surface area contributed by atoms with Crippen LogP contribution >= 0.6 is 0 Å². The van der Waals surface area contributed by atoms with E-state index in [0.29, 0.717) is 18.8 Å². The van der Waals surface area contributed by atoms with Crippen molar-refractivity contribution in [2.45, 2.75) is 25.9 Å². The Morgan fingerprint density at radius 1 is 1.21 bits per heavy atom. The summed E-state index contributed by atoms with van der Waals surface area (Å²) in [6.07, 6.45) is 1.22. The van der Waals surface area contributed by atoms with Crippen LogP contribution in [0.5, 0.6) is 0 Å². The fourth-order valence-corrected chi connectivity index (χ4v) is 3.18. The molecule has 0 aromatic heterocycles. The van der Waals surface area contributed by atoms with Crippen molar-refractivity contribution in [2.24, 2.45) is 5.92 Å². The Kier molecular flexibility index (Phi) is 4.81. The molecule has 0 bridgehead atoms. The first-order valence-electron chi connectivity index (χ1n) is 8.32. The third kappa shape index (κ3) is 3.57. The van der Waals surface area contributed by atoms with E-state index >= 15 is 0 Å². The summed E-state index contributed by atoms with van der Waals surface area (Å²) in [5.41, 5.74) is 0.608. The van der Waals surface area contributed by atoms with Gasteiger partial charge in [-0.25, -0.2) is 0 Å². The molecule has 1 aliphatic heterocycles. The normalized spacial score (nSPS) is 19.1. The zero-order chi connectivity index (χ0) is 17.1. The van der Waals surface area contributed by atoms with Gasteiger partial charge in [0, 0.05) is 24.7 Å². The van der Waals surface area contributed by atoms with Crippen LogP contribution in [0.2, 0.25) is 0 Å². The van der Waals surface area contributed by atoms with Crippen LogP contribution in [0.4, 0.5) is 5.69 Å². The summed E-state index contributed by atoms with van der Waals surface area (Å²) in [4.78, 5) is 26.2. The highest BCUT2D eigenvalue weighted by atomic mass is 16.3. The molecule has 2 amide bonds. The fraction of sp³-hybridized carbons (Fsp3) is 0.368. The number of amides is 2. The van der Waals surface area contributed by atoms with E-state index in [1.54, 1.807) is 13.0 Å². The van der Waals surface area contributed by atoms with E-state index in [2.05, 4.69) is 5.32 Å². The Hall–Kier alpha value is -2.40. The van der Waals surface area contributed by atoms with Gasteiger partial charge >= 0.3 is 11.8 Å². The number of hydrogen-bond donors (Lipinski definition) is 2. The van der Waals surface area contributed by atoms with Gasteiger partial charge < -0.3 is 15.3 Å². The van der Waals surface area contributed by atoms with Crippen LogP contribution in [0.15, 0.2) is 42.5 Å². The average Bonchev–Trinajstić information content (AvgIpc) is 2.61. The third-order valence-corrected chi connectivity index (χ3v) is 4.63. The fourth-order valence-electron chi connectivity index (χ4n) is 3.18. The van der Waals surface area contributed by atoms with Crippen molar-refractivity contribution in [3.63, 3.8) is 0 Å². The molecule has 126 valence electrons. The average molecular weight is 326 g/mol. The number of benzene rings is 2. The van der Waals surface area contributed by atoms with Crippen molar-refractivity contribution in [3.05, 3.63) is 42.5 Å². The van der Waals surface area contributed by atoms with Gasteiger partial charge in [0.2, 0.25) is 0 Å². The van der Waals surface area contributed by atoms with Gasteiger partial charge in [0.1, 0.15) is 0 Å². The summed E-state index contributed by atoms with van der Waals surface area (Å²) in [7, 11) is 0. The van der Waals surface area contributed by atoms with E-state index in [1.807, 2.05) is 36.4 Å². The molecule has 3 rings (SSSR count). The molecule has 5 nitrogen and oxygen atoms in total. The first-order chi connectivity index (χ1) is 11.5. The third-order valence-electron chi connectivity index (χ3n) is 4.63. The van der Waals surface area contributed by atoms with Crippen molar-refractivity contribution >= 4 is 28.3 Å². The lowest BCUT2D eigenvalue weighted by Gasteiger charge is -2.33. The number of carbonyl (C=O) groups excluding carboxylic acids is 2. The van der Waals surface area contributed by atoms with E-state index < -0.39 is 17.9 Å². The summed E-state index contributed by atoms with van der Waals surface area (Å²) in [6, 6.07) is 13.4. The Bertz CT molecular complexity index is 757. The van der Waals surface area contributed by atoms with Crippen LogP contribution < -0.4 is 5.32 Å². The molecule has 5 heteroatoms. The van der Waals surface area contributed by atoms with Crippen LogP contribution in [-0.2, 0) is 9.59 Å². The summed E-state index contributed by atoms with van der Waals surface area (Å²) >= 11 is 0. The predicted molar refractivity (Wildman–Crippen MR) is 93.6 cm³/mol. The number of aliphatic hydroxyl groups excluding tert-OH is 1. The summed E-state index contributed by atoms with van der Waals surface area (Å²) in [6.45, 7) is 2.72. The number of fused-ring (bicyclic) bond motifs is 1. The van der Waals surface area contributed by atoms with E-state index in [4.69, 9.17) is 0 Å². The first-order valence-corrected chi connectivity index (χ1v) is 8.32. The number of hydrogen-bond acceptors (Lipinski definition) is 3. The molecule has 2 aromatic carbocycles. The number of likely N-dealkylation sites (tertiary alicyclic amines) is 1. The summed E-state index contributed by atoms with van der Waals surface area (Å²) < 4.78 is 0. The minimum atomic E-state index is -0.628. The molecule has 0 aliphatic carbocycles. The summed E-state index contributed by atoms with van der Waals surface area (Å²) in [5.74, 6) is -1.12. The number of nitrogens with zero attached hydrogens (tertiary/aromatic N) is 1. The minimum absolute atomic E-state index is 0.0381. The largest absolute Gasteiger partial charge is 0.393 e. The molecular weight excluding hydrogens is 304 g/mol. The van der Waals surface area contributed by atoms with Gasteiger partial charge in [0.25, 0.3) is 0 Å². The molecule has 1 aliphatic rings. The van der Waals surface area contributed by atoms with E-state index in [9.17, 15) is 14.7 Å². The van der Waals surface area contributed by atoms with Crippen LogP contribution in [0.25, 0.3) is 10.8 Å². The number of aliphatic hydroxyl groups is 1. The lowest BCUT2D eigenvalue weighted by Crippen LogP contribution is -2.47. The molecule has 0 spiro atoms. The Morgan fingerprint density at radius 2 is 1.96 bits per heavy atom. The molecule has 0 radical (unpaired) electrons. The predicted octanol–water partition coefficient (Wildman–Crippen LogP) is 2.40. The molecule has 2 atom stereocenters. The Balaban J connectivity index is 1.68. The molecule has 2 unspecified atom stereocenters. The topological polar surface area (TPSA) is 69.6 Å². The first kappa shape index (κ1) is 16.5. The molecule has 24 heavy (non-hydrogen) atoms. The Morgan fingerprint density at radius 3 is 2.71 bits per heavy atom. The van der Waals surface area contributed by atoms with Crippen molar-refractivity contribution in [3.8, 4) is 0 Å². The van der Waals surface area contributed by atoms with E-state index in [-0.39, 0.29) is 5.92 Å². The lowest BCUT2D eigenvalue weighted by molar-refractivity contribution is -0.144. The molecule has 0 saturated carbocycles. The van der Waals surface area contributed by atoms with Gasteiger partial charge in [0.15, 0.2) is 0 Å². The number of anilines is 1. The quantitative estimate of drug-likeness (QED) is 0.833. The smallest absolute Gasteiger partial charge is 0.313 e. The molecule has 1 saturated heterocycles. The highest BCUT2D eigenvalue weighted by molar-refractivity contribution is 6.39. The molecule has 1 fully saturated rings. The van der Waals surface area contributed by atoms with Crippen LogP contribution in [0, 0.1) is 5.92 Å². The van der Waals surface area contributed by atoms with Crippen molar-refractivity contribution in [2.75, 3.05) is 18.4 Å². The highest BCUT2D eigenvalue weighted by Gasteiger charge is 2.29. The molecular formula is C19H22N2O3.